The Kier molecular flexibility index (Phi) is 7.77. The van der Waals surface area contributed by atoms with Gasteiger partial charge < -0.3 is 19.5 Å². The van der Waals surface area contributed by atoms with Crippen LogP contribution in [0.15, 0.2) is 23.4 Å². The average molecular weight is 496 g/mol. The Morgan fingerprint density at radius 3 is 2.21 bits per heavy atom. The number of carboxylic acid groups (broad SMARTS) is 1. The first-order valence-corrected chi connectivity index (χ1v) is 11.7. The minimum absolute atomic E-state index is 0.0453. The number of rotatable bonds is 9. The molecule has 1 N–H and O–H groups in total. The molecule has 2 aromatic rings. The maximum absolute atomic E-state index is 12.3. The molecule has 0 aliphatic carbocycles. The number of sulfone groups is 1. The number of aliphatic carboxylic acids is 1. The Hall–Kier alpha value is -3.81. The van der Waals surface area contributed by atoms with E-state index in [-0.39, 0.29) is 17.2 Å². The Bertz CT molecular complexity index is 1240. The van der Waals surface area contributed by atoms with Gasteiger partial charge in [-0.3, -0.25) is 14.9 Å². The number of hydrogen-bond donors (Lipinski definition) is 1. The fourth-order valence-corrected chi connectivity index (χ4v) is 3.26. The van der Waals surface area contributed by atoms with Crippen molar-refractivity contribution in [2.24, 2.45) is 5.92 Å². The predicted octanol–water partition coefficient (Wildman–Crippen LogP) is 2.08. The molecule has 1 atom stereocenters. The lowest BCUT2D eigenvalue weighted by molar-refractivity contribution is -0.387. The van der Waals surface area contributed by atoms with Gasteiger partial charge >= 0.3 is 23.4 Å². The molecule has 13 nitrogen and oxygen atoms in total. The van der Waals surface area contributed by atoms with E-state index in [1.807, 2.05) is 0 Å². The first kappa shape index (κ1) is 26.4. The highest BCUT2D eigenvalue weighted by Gasteiger charge is 2.35. The van der Waals surface area contributed by atoms with E-state index >= 15 is 0 Å². The summed E-state index contributed by atoms with van der Waals surface area (Å²) in [5, 5.41) is 20.4. The number of carbonyl (C=O) groups is 2. The number of nitro groups is 1. The summed E-state index contributed by atoms with van der Waals surface area (Å²) in [4.78, 5) is 43.4. The highest BCUT2D eigenvalue weighted by molar-refractivity contribution is 7.90. The summed E-state index contributed by atoms with van der Waals surface area (Å²) in [5.74, 6) is -4.17. The summed E-state index contributed by atoms with van der Waals surface area (Å²) in [6.07, 6.45) is -0.809. The Morgan fingerprint density at radius 2 is 1.74 bits per heavy atom. The predicted molar refractivity (Wildman–Crippen MR) is 118 cm³/mol. The summed E-state index contributed by atoms with van der Waals surface area (Å²) >= 11 is 0. The molecule has 1 unspecified atom stereocenters. The highest BCUT2D eigenvalue weighted by Crippen LogP contribution is 2.38. The average Bonchev–Trinajstić information content (AvgIpc) is 2.69. The van der Waals surface area contributed by atoms with Crippen molar-refractivity contribution >= 4 is 27.4 Å². The lowest BCUT2D eigenvalue weighted by Crippen LogP contribution is -2.33. The number of ether oxygens (including phenoxy) is 2. The molecule has 0 saturated carbocycles. The normalized spacial score (nSPS) is 12.2. The SMILES string of the molecule is Cc1cc(Oc2nc(S(C)(=O)=O)nc(OC(C(=O)O)C(C)C)c2[N+](=O)[O-])cc(C(=O)N(C)C)c1. The van der Waals surface area contributed by atoms with Crippen LogP contribution in [-0.2, 0) is 14.6 Å². The van der Waals surface area contributed by atoms with Gasteiger partial charge in [0.15, 0.2) is 6.10 Å². The quantitative estimate of drug-likeness (QED) is 0.305. The van der Waals surface area contributed by atoms with Gasteiger partial charge in [0, 0.05) is 31.8 Å². The summed E-state index contributed by atoms with van der Waals surface area (Å²) in [6.45, 7) is 4.65. The molecule has 2 rings (SSSR count). The van der Waals surface area contributed by atoms with Gasteiger partial charge in [0.05, 0.1) is 4.92 Å². The van der Waals surface area contributed by atoms with Crippen molar-refractivity contribution in [2.45, 2.75) is 32.0 Å². The van der Waals surface area contributed by atoms with E-state index in [9.17, 15) is 33.2 Å². The Balaban J connectivity index is 2.74. The van der Waals surface area contributed by atoms with Gasteiger partial charge in [-0.15, -0.1) is 0 Å². The van der Waals surface area contributed by atoms with Crippen LogP contribution < -0.4 is 9.47 Å². The molecule has 1 heterocycles. The molecular weight excluding hydrogens is 472 g/mol. The minimum Gasteiger partial charge on any atom is -0.478 e. The number of aromatic nitrogens is 2. The molecule has 1 aromatic heterocycles. The monoisotopic (exact) mass is 496 g/mol. The van der Waals surface area contributed by atoms with E-state index in [4.69, 9.17) is 9.47 Å². The van der Waals surface area contributed by atoms with Crippen LogP contribution in [0, 0.1) is 23.0 Å². The van der Waals surface area contributed by atoms with E-state index < -0.39 is 55.4 Å². The first-order chi connectivity index (χ1) is 15.6. The third-order valence-electron chi connectivity index (χ3n) is 4.32. The molecule has 0 bridgehead atoms. The van der Waals surface area contributed by atoms with Gasteiger partial charge in [-0.05, 0) is 30.7 Å². The number of carboxylic acids is 1. The molecule has 184 valence electrons. The van der Waals surface area contributed by atoms with Crippen LogP contribution in [0.5, 0.6) is 17.5 Å². The van der Waals surface area contributed by atoms with Crippen molar-refractivity contribution in [2.75, 3.05) is 20.4 Å². The molecule has 1 aromatic carbocycles. The van der Waals surface area contributed by atoms with Gasteiger partial charge in [0.2, 0.25) is 9.84 Å². The van der Waals surface area contributed by atoms with Crippen molar-refractivity contribution in [3.63, 3.8) is 0 Å². The standard InChI is InChI=1S/C20H24N4O9S/c1-10(2)15(19(26)27)33-17-14(24(28)29)16(21-20(22-17)34(6,30)31)32-13-8-11(3)7-12(9-13)18(25)23(4)5/h7-10,15H,1-6H3,(H,26,27). The number of aryl methyl sites for hydroxylation is 1. The third-order valence-corrected chi connectivity index (χ3v) is 5.17. The maximum Gasteiger partial charge on any atom is 0.392 e. The van der Waals surface area contributed by atoms with Gasteiger partial charge in [-0.2, -0.15) is 9.97 Å². The van der Waals surface area contributed by atoms with Crippen LogP contribution in [0.4, 0.5) is 5.69 Å². The summed E-state index contributed by atoms with van der Waals surface area (Å²) < 4.78 is 35.1. The zero-order valence-corrected chi connectivity index (χ0v) is 20.1. The van der Waals surface area contributed by atoms with Crippen LogP contribution in [-0.4, -0.2) is 71.6 Å². The van der Waals surface area contributed by atoms with E-state index in [0.29, 0.717) is 5.56 Å². The van der Waals surface area contributed by atoms with Crippen molar-refractivity contribution in [3.05, 3.63) is 39.4 Å². The largest absolute Gasteiger partial charge is 0.478 e. The molecule has 34 heavy (non-hydrogen) atoms. The Morgan fingerprint density at radius 1 is 1.15 bits per heavy atom. The van der Waals surface area contributed by atoms with Crippen LogP contribution in [0.3, 0.4) is 0 Å². The minimum atomic E-state index is -4.11. The third kappa shape index (κ3) is 6.15. The second-order valence-electron chi connectivity index (χ2n) is 7.95. The molecule has 1 amide bonds. The summed E-state index contributed by atoms with van der Waals surface area (Å²) in [6, 6.07) is 4.32. The molecule has 0 fully saturated rings. The number of nitrogens with zero attached hydrogens (tertiary/aromatic N) is 4. The molecule has 0 saturated heterocycles. The topological polar surface area (TPSA) is 179 Å². The van der Waals surface area contributed by atoms with E-state index in [1.165, 1.54) is 45.0 Å². The summed E-state index contributed by atoms with van der Waals surface area (Å²) in [5.41, 5.74) is -0.187. The molecule has 0 aliphatic rings. The molecule has 14 heteroatoms. The number of benzene rings is 1. The van der Waals surface area contributed by atoms with Crippen molar-refractivity contribution in [3.8, 4) is 17.5 Å². The van der Waals surface area contributed by atoms with Crippen molar-refractivity contribution in [1.29, 1.82) is 0 Å². The van der Waals surface area contributed by atoms with Crippen LogP contribution >= 0.6 is 0 Å². The summed E-state index contributed by atoms with van der Waals surface area (Å²) in [7, 11) is -1.04. The second kappa shape index (κ2) is 9.99. The van der Waals surface area contributed by atoms with Crippen molar-refractivity contribution in [1.82, 2.24) is 14.9 Å². The number of hydrogen-bond acceptors (Lipinski definition) is 10. The molecular formula is C20H24N4O9S. The second-order valence-corrected chi connectivity index (χ2v) is 9.86. The van der Waals surface area contributed by atoms with Crippen LogP contribution in [0.25, 0.3) is 0 Å². The first-order valence-electron chi connectivity index (χ1n) is 9.79. The zero-order valence-electron chi connectivity index (χ0n) is 19.3. The molecule has 0 spiro atoms. The van der Waals surface area contributed by atoms with Gasteiger partial charge in [0.25, 0.3) is 11.1 Å². The van der Waals surface area contributed by atoms with E-state index in [1.54, 1.807) is 13.0 Å². The van der Waals surface area contributed by atoms with Crippen LogP contribution in [0.2, 0.25) is 0 Å². The number of amides is 1. The molecule has 0 radical (unpaired) electrons. The lowest BCUT2D eigenvalue weighted by Gasteiger charge is -2.18. The number of carbonyl (C=O) groups excluding carboxylic acids is 1. The van der Waals surface area contributed by atoms with Crippen LogP contribution in [0.1, 0.15) is 29.8 Å². The fourth-order valence-electron chi connectivity index (χ4n) is 2.76. The Labute approximate surface area is 195 Å². The van der Waals surface area contributed by atoms with E-state index in [0.717, 1.165) is 6.26 Å². The lowest BCUT2D eigenvalue weighted by atomic mass is 10.1. The van der Waals surface area contributed by atoms with Gasteiger partial charge in [-0.1, -0.05) is 13.8 Å². The van der Waals surface area contributed by atoms with Gasteiger partial charge in [0.1, 0.15) is 5.75 Å². The smallest absolute Gasteiger partial charge is 0.392 e. The maximum atomic E-state index is 12.3. The fraction of sp³-hybridized carbons (Fsp3) is 0.400. The molecule has 0 aliphatic heterocycles. The van der Waals surface area contributed by atoms with Gasteiger partial charge in [-0.25, -0.2) is 13.2 Å². The van der Waals surface area contributed by atoms with E-state index in [2.05, 4.69) is 9.97 Å². The highest BCUT2D eigenvalue weighted by atomic mass is 32.2. The zero-order chi connectivity index (χ0) is 26.0. The van der Waals surface area contributed by atoms with Crippen molar-refractivity contribution < 1.29 is 37.5 Å².